The van der Waals surface area contributed by atoms with Crippen LogP contribution < -0.4 is 10.1 Å². The largest absolute Gasteiger partial charge is 0.496 e. The Balaban J connectivity index is 1.94. The number of aromatic nitrogens is 2. The first-order valence-electron chi connectivity index (χ1n) is 7.92. The number of halogens is 2. The molecule has 7 heteroatoms. The second kappa shape index (κ2) is 7.77. The molecule has 0 spiro atoms. The molecule has 0 radical (unpaired) electrons. The summed E-state index contributed by atoms with van der Waals surface area (Å²) >= 11 is 0. The number of amides is 1. The Kier molecular flexibility index (Phi) is 5.26. The molecule has 1 aromatic heterocycles. The topological polar surface area (TPSA) is 56.1 Å². The zero-order chi connectivity index (χ0) is 18.5. The molecule has 1 atom stereocenters. The summed E-state index contributed by atoms with van der Waals surface area (Å²) in [5.41, 5.74) is 1.50. The predicted octanol–water partition coefficient (Wildman–Crippen LogP) is 3.81. The van der Waals surface area contributed by atoms with Gasteiger partial charge in [-0.05, 0) is 17.7 Å². The second-order valence-corrected chi connectivity index (χ2v) is 5.52. The number of benzene rings is 2. The Bertz CT molecular complexity index is 881. The molecule has 0 saturated carbocycles. The van der Waals surface area contributed by atoms with E-state index >= 15 is 0 Å². The summed E-state index contributed by atoms with van der Waals surface area (Å²) in [5.74, 6) is 0.0592. The lowest BCUT2D eigenvalue weighted by atomic mass is 9.97. The molecule has 0 aliphatic carbocycles. The third-order valence-electron chi connectivity index (χ3n) is 3.90. The molecule has 1 amide bonds. The quantitative estimate of drug-likeness (QED) is 0.730. The van der Waals surface area contributed by atoms with Crippen molar-refractivity contribution in [2.24, 2.45) is 0 Å². The monoisotopic (exact) mass is 357 g/mol. The molecule has 3 aromatic rings. The van der Waals surface area contributed by atoms with Gasteiger partial charge in [0.2, 0.25) is 0 Å². The highest BCUT2D eigenvalue weighted by Crippen LogP contribution is 2.30. The van der Waals surface area contributed by atoms with Crippen LogP contribution in [0.15, 0.2) is 66.9 Å². The van der Waals surface area contributed by atoms with Gasteiger partial charge in [0.15, 0.2) is 0 Å². The van der Waals surface area contributed by atoms with E-state index in [-0.39, 0.29) is 5.69 Å². The Morgan fingerprint density at radius 1 is 1.08 bits per heavy atom. The average molecular weight is 357 g/mol. The van der Waals surface area contributed by atoms with Crippen molar-refractivity contribution in [1.29, 1.82) is 0 Å². The van der Waals surface area contributed by atoms with E-state index in [2.05, 4.69) is 10.4 Å². The van der Waals surface area contributed by atoms with E-state index < -0.39 is 18.5 Å². The van der Waals surface area contributed by atoms with Gasteiger partial charge in [-0.15, -0.1) is 0 Å². The molecule has 0 fully saturated rings. The Morgan fingerprint density at radius 3 is 2.42 bits per heavy atom. The first kappa shape index (κ1) is 17.6. The summed E-state index contributed by atoms with van der Waals surface area (Å²) in [6.07, 6.45) is 1.07. The molecule has 2 aromatic carbocycles. The summed E-state index contributed by atoms with van der Waals surface area (Å²) in [4.78, 5) is 12.6. The van der Waals surface area contributed by atoms with E-state index in [1.807, 2.05) is 48.5 Å². The number of hydrogen-bond acceptors (Lipinski definition) is 3. The zero-order valence-electron chi connectivity index (χ0n) is 14.0. The maximum absolute atomic E-state index is 12.7. The van der Waals surface area contributed by atoms with Crippen LogP contribution >= 0.6 is 0 Å². The van der Waals surface area contributed by atoms with E-state index in [1.54, 1.807) is 13.2 Å². The van der Waals surface area contributed by atoms with Crippen LogP contribution in [0.4, 0.5) is 8.78 Å². The van der Waals surface area contributed by atoms with E-state index in [9.17, 15) is 13.6 Å². The molecule has 0 aliphatic rings. The molecule has 3 rings (SSSR count). The number of methoxy groups -OCH3 is 1. The van der Waals surface area contributed by atoms with Crippen LogP contribution in [0.2, 0.25) is 0 Å². The lowest BCUT2D eigenvalue weighted by molar-refractivity contribution is 0.0559. The molecular formula is C19H17F2N3O2. The molecular weight excluding hydrogens is 340 g/mol. The number of para-hydroxylation sites is 1. The minimum absolute atomic E-state index is 0.0823. The molecule has 5 nitrogen and oxygen atoms in total. The maximum Gasteiger partial charge on any atom is 0.333 e. The first-order chi connectivity index (χ1) is 12.6. The van der Waals surface area contributed by atoms with Gasteiger partial charge < -0.3 is 10.1 Å². The third kappa shape index (κ3) is 3.72. The van der Waals surface area contributed by atoms with Crippen molar-refractivity contribution < 1.29 is 18.3 Å². The van der Waals surface area contributed by atoms with Gasteiger partial charge in [0, 0.05) is 11.8 Å². The number of ether oxygens (including phenoxy) is 1. The van der Waals surface area contributed by atoms with Gasteiger partial charge in [0.25, 0.3) is 5.91 Å². The van der Waals surface area contributed by atoms with Crippen molar-refractivity contribution in [3.63, 3.8) is 0 Å². The van der Waals surface area contributed by atoms with Gasteiger partial charge in [0.1, 0.15) is 11.4 Å². The fourth-order valence-electron chi connectivity index (χ4n) is 2.66. The number of hydrogen-bond donors (Lipinski definition) is 1. The van der Waals surface area contributed by atoms with Crippen LogP contribution in [0.5, 0.6) is 5.75 Å². The van der Waals surface area contributed by atoms with Crippen molar-refractivity contribution in [1.82, 2.24) is 15.1 Å². The van der Waals surface area contributed by atoms with E-state index in [0.717, 1.165) is 17.3 Å². The van der Waals surface area contributed by atoms with Crippen molar-refractivity contribution in [2.75, 3.05) is 7.11 Å². The summed E-state index contributed by atoms with van der Waals surface area (Å²) in [5, 5.41) is 6.47. The fourth-order valence-corrected chi connectivity index (χ4v) is 2.66. The number of alkyl halides is 2. The van der Waals surface area contributed by atoms with Gasteiger partial charge in [-0.1, -0.05) is 48.5 Å². The molecule has 0 bridgehead atoms. The molecule has 134 valence electrons. The summed E-state index contributed by atoms with van der Waals surface area (Å²) < 4.78 is 31.2. The smallest absolute Gasteiger partial charge is 0.333 e. The fraction of sp³-hybridized carbons (Fsp3) is 0.158. The van der Waals surface area contributed by atoms with Crippen LogP contribution in [0, 0.1) is 0 Å². The first-order valence-corrected chi connectivity index (χ1v) is 7.92. The summed E-state index contributed by atoms with van der Waals surface area (Å²) in [6.45, 7) is -2.80. The summed E-state index contributed by atoms with van der Waals surface area (Å²) in [6, 6.07) is 17.4. The molecule has 0 aliphatic heterocycles. The average Bonchev–Trinajstić information content (AvgIpc) is 3.17. The standard InChI is InChI=1S/C19H17F2N3O2/c1-26-16-10-6-5-9-14(16)17(13-7-3-2-4-8-13)22-18(25)15-11-12-24(23-15)19(20)21/h2-12,17,19H,1H3,(H,22,25)/t17-/m0/s1. The Morgan fingerprint density at radius 2 is 1.77 bits per heavy atom. The predicted molar refractivity (Wildman–Crippen MR) is 92.2 cm³/mol. The Hall–Kier alpha value is -3.22. The minimum Gasteiger partial charge on any atom is -0.496 e. The number of carbonyl (C=O) groups excluding carboxylic acids is 1. The number of rotatable bonds is 6. The van der Waals surface area contributed by atoms with Crippen molar-refractivity contribution in [3.8, 4) is 5.75 Å². The van der Waals surface area contributed by atoms with Crippen LogP contribution in [0.25, 0.3) is 0 Å². The lowest BCUT2D eigenvalue weighted by Gasteiger charge is -2.21. The van der Waals surface area contributed by atoms with Crippen LogP contribution in [0.3, 0.4) is 0 Å². The summed E-state index contributed by atoms with van der Waals surface area (Å²) in [7, 11) is 1.55. The molecule has 1 heterocycles. The van der Waals surface area contributed by atoms with E-state index in [0.29, 0.717) is 10.4 Å². The van der Waals surface area contributed by atoms with Crippen LogP contribution in [-0.2, 0) is 0 Å². The Labute approximate surface area is 149 Å². The number of nitrogens with one attached hydrogen (secondary N) is 1. The number of nitrogens with zero attached hydrogens (tertiary/aromatic N) is 2. The lowest BCUT2D eigenvalue weighted by Crippen LogP contribution is -2.30. The normalized spacial score (nSPS) is 12.0. The number of carbonyl (C=O) groups is 1. The highest BCUT2D eigenvalue weighted by atomic mass is 19.3. The van der Waals surface area contributed by atoms with Gasteiger partial charge in [0.05, 0.1) is 13.2 Å². The SMILES string of the molecule is COc1ccccc1[C@@H](NC(=O)c1ccn(C(F)F)n1)c1ccccc1. The molecule has 0 unspecified atom stereocenters. The van der Waals surface area contributed by atoms with Gasteiger partial charge in [-0.3, -0.25) is 4.79 Å². The van der Waals surface area contributed by atoms with E-state index in [4.69, 9.17) is 4.74 Å². The zero-order valence-corrected chi connectivity index (χ0v) is 14.0. The second-order valence-electron chi connectivity index (χ2n) is 5.52. The molecule has 0 saturated heterocycles. The van der Waals surface area contributed by atoms with Crippen molar-refractivity contribution in [3.05, 3.63) is 83.7 Å². The van der Waals surface area contributed by atoms with Crippen molar-refractivity contribution in [2.45, 2.75) is 12.6 Å². The maximum atomic E-state index is 12.7. The third-order valence-corrected chi connectivity index (χ3v) is 3.90. The molecule has 26 heavy (non-hydrogen) atoms. The van der Waals surface area contributed by atoms with Gasteiger partial charge in [-0.2, -0.15) is 13.9 Å². The van der Waals surface area contributed by atoms with Crippen molar-refractivity contribution >= 4 is 5.91 Å². The molecule has 1 N–H and O–H groups in total. The van der Waals surface area contributed by atoms with Crippen LogP contribution in [-0.4, -0.2) is 22.8 Å². The highest BCUT2D eigenvalue weighted by molar-refractivity contribution is 5.92. The van der Waals surface area contributed by atoms with E-state index in [1.165, 1.54) is 6.07 Å². The minimum atomic E-state index is -2.80. The van der Waals surface area contributed by atoms with Gasteiger partial charge in [-0.25, -0.2) is 4.68 Å². The van der Waals surface area contributed by atoms with Gasteiger partial charge >= 0.3 is 6.55 Å². The highest BCUT2D eigenvalue weighted by Gasteiger charge is 2.22. The van der Waals surface area contributed by atoms with Crippen LogP contribution in [0.1, 0.15) is 34.2 Å².